The Morgan fingerprint density at radius 1 is 1.17 bits per heavy atom. The number of benzene rings is 2. The molecule has 158 valence electrons. The van der Waals surface area contributed by atoms with E-state index in [1.165, 1.54) is 5.56 Å². The lowest BCUT2D eigenvalue weighted by atomic mass is 9.77. The smallest absolute Gasteiger partial charge is 0.240 e. The first kappa shape index (κ1) is 20.2. The minimum atomic E-state index is -3.57. The van der Waals surface area contributed by atoms with Gasteiger partial charge in [-0.15, -0.1) is 0 Å². The van der Waals surface area contributed by atoms with Crippen LogP contribution in [0.25, 0.3) is 0 Å². The van der Waals surface area contributed by atoms with Gasteiger partial charge in [0.2, 0.25) is 10.0 Å². The first-order valence-corrected chi connectivity index (χ1v) is 12.7. The average molecular weight is 489 g/mol. The van der Waals surface area contributed by atoms with Crippen LogP contribution < -0.4 is 10.0 Å². The molecule has 0 radical (unpaired) electrons. The third-order valence-corrected chi connectivity index (χ3v) is 8.35. The SMILES string of the molecule is O=S(=O)(NCC1CCCO1)c1ccc2c(c1)C1C=CCC1C(c1ccc(Br)cc1)N2. The van der Waals surface area contributed by atoms with Gasteiger partial charge in [0.05, 0.1) is 17.0 Å². The topological polar surface area (TPSA) is 67.4 Å². The molecule has 30 heavy (non-hydrogen) atoms. The fourth-order valence-corrected chi connectivity index (χ4v) is 6.20. The number of halogens is 1. The molecule has 2 aromatic rings. The van der Waals surface area contributed by atoms with Crippen molar-refractivity contribution in [3.63, 3.8) is 0 Å². The van der Waals surface area contributed by atoms with Gasteiger partial charge in [0.1, 0.15) is 0 Å². The predicted molar refractivity (Wildman–Crippen MR) is 121 cm³/mol. The van der Waals surface area contributed by atoms with Crippen LogP contribution in [-0.2, 0) is 14.8 Å². The van der Waals surface area contributed by atoms with Crippen LogP contribution in [0, 0.1) is 5.92 Å². The van der Waals surface area contributed by atoms with Gasteiger partial charge in [0, 0.05) is 29.2 Å². The molecular formula is C23H25BrN2O3S. The van der Waals surface area contributed by atoms with Gasteiger partial charge in [-0.05, 0) is 66.6 Å². The number of allylic oxidation sites excluding steroid dienone is 2. The Kier molecular flexibility index (Phi) is 5.47. The number of fused-ring (bicyclic) bond motifs is 3. The molecule has 2 aromatic carbocycles. The molecule has 5 nitrogen and oxygen atoms in total. The summed E-state index contributed by atoms with van der Waals surface area (Å²) < 4.78 is 35.1. The standard InChI is InChI=1S/C23H25BrN2O3S/c24-16-8-6-15(7-9-16)23-20-5-1-4-19(20)21-13-18(10-11-22(21)26-23)30(27,28)25-14-17-3-2-12-29-17/h1,4,6-11,13,17,19-20,23,25-26H,2-3,5,12,14H2. The maximum absolute atomic E-state index is 12.9. The number of ether oxygens (including phenoxy) is 1. The number of hydrogen-bond donors (Lipinski definition) is 2. The second kappa shape index (κ2) is 8.11. The summed E-state index contributed by atoms with van der Waals surface area (Å²) in [7, 11) is -3.57. The number of hydrogen-bond acceptors (Lipinski definition) is 4. The quantitative estimate of drug-likeness (QED) is 0.596. The second-order valence-corrected chi connectivity index (χ2v) is 10.9. The lowest BCUT2D eigenvalue weighted by Gasteiger charge is -2.37. The highest BCUT2D eigenvalue weighted by Gasteiger charge is 2.38. The first-order chi connectivity index (χ1) is 14.5. The van der Waals surface area contributed by atoms with E-state index in [1.807, 2.05) is 12.1 Å². The van der Waals surface area contributed by atoms with E-state index in [9.17, 15) is 8.42 Å². The van der Waals surface area contributed by atoms with Crippen molar-refractivity contribution in [1.82, 2.24) is 4.72 Å². The van der Waals surface area contributed by atoms with E-state index < -0.39 is 10.0 Å². The molecule has 0 spiro atoms. The van der Waals surface area contributed by atoms with E-state index in [0.29, 0.717) is 24.0 Å². The lowest BCUT2D eigenvalue weighted by molar-refractivity contribution is 0.114. The molecule has 1 aliphatic carbocycles. The van der Waals surface area contributed by atoms with Crippen molar-refractivity contribution in [2.24, 2.45) is 5.92 Å². The van der Waals surface area contributed by atoms with Crippen LogP contribution in [0.1, 0.15) is 42.3 Å². The summed E-state index contributed by atoms with van der Waals surface area (Å²) in [5, 5.41) is 3.67. The van der Waals surface area contributed by atoms with Gasteiger partial charge in [0.15, 0.2) is 0 Å². The van der Waals surface area contributed by atoms with Crippen LogP contribution in [0.4, 0.5) is 5.69 Å². The Bertz CT molecular complexity index is 1060. The van der Waals surface area contributed by atoms with Crippen LogP contribution >= 0.6 is 15.9 Å². The van der Waals surface area contributed by atoms with Gasteiger partial charge in [-0.2, -0.15) is 0 Å². The number of nitrogens with one attached hydrogen (secondary N) is 2. The number of rotatable bonds is 5. The normalized spacial score (nSPS) is 27.5. The predicted octanol–water partition coefficient (Wildman–Crippen LogP) is 4.73. The van der Waals surface area contributed by atoms with Gasteiger partial charge in [0.25, 0.3) is 0 Å². The molecule has 1 fully saturated rings. The van der Waals surface area contributed by atoms with Crippen molar-refractivity contribution in [2.45, 2.75) is 42.2 Å². The molecule has 3 aliphatic rings. The summed E-state index contributed by atoms with van der Waals surface area (Å²) in [4.78, 5) is 0.321. The highest BCUT2D eigenvalue weighted by molar-refractivity contribution is 9.10. The van der Waals surface area contributed by atoms with Crippen molar-refractivity contribution in [1.29, 1.82) is 0 Å². The fourth-order valence-electron chi connectivity index (χ4n) is 4.83. The van der Waals surface area contributed by atoms with Crippen LogP contribution in [-0.4, -0.2) is 27.7 Å². The summed E-state index contributed by atoms with van der Waals surface area (Å²) in [5.41, 5.74) is 3.31. The van der Waals surface area contributed by atoms with Crippen LogP contribution in [0.2, 0.25) is 0 Å². The van der Waals surface area contributed by atoms with E-state index in [-0.39, 0.29) is 18.1 Å². The minimum Gasteiger partial charge on any atom is -0.378 e. The molecule has 5 rings (SSSR count). The third-order valence-electron chi connectivity index (χ3n) is 6.40. The Morgan fingerprint density at radius 2 is 2.00 bits per heavy atom. The highest BCUT2D eigenvalue weighted by atomic mass is 79.9. The van der Waals surface area contributed by atoms with Gasteiger partial charge in [-0.25, -0.2) is 13.1 Å². The molecule has 2 N–H and O–H groups in total. The number of sulfonamides is 1. The Morgan fingerprint density at radius 3 is 2.77 bits per heavy atom. The van der Waals surface area contributed by atoms with Gasteiger partial charge in [-0.1, -0.05) is 40.2 Å². The zero-order chi connectivity index (χ0) is 20.7. The van der Waals surface area contributed by atoms with Crippen molar-refractivity contribution >= 4 is 31.6 Å². The highest BCUT2D eigenvalue weighted by Crippen LogP contribution is 2.50. The summed E-state index contributed by atoms with van der Waals surface area (Å²) in [5.74, 6) is 0.583. The Labute approximate surface area is 186 Å². The van der Waals surface area contributed by atoms with Crippen molar-refractivity contribution in [3.05, 3.63) is 70.2 Å². The zero-order valence-electron chi connectivity index (χ0n) is 16.6. The van der Waals surface area contributed by atoms with Crippen molar-refractivity contribution in [3.8, 4) is 0 Å². The van der Waals surface area contributed by atoms with Crippen LogP contribution in [0.15, 0.2) is 64.0 Å². The molecule has 7 heteroatoms. The third kappa shape index (κ3) is 3.84. The lowest BCUT2D eigenvalue weighted by Crippen LogP contribution is -2.32. The van der Waals surface area contributed by atoms with E-state index in [4.69, 9.17) is 4.74 Å². The van der Waals surface area contributed by atoms with E-state index >= 15 is 0 Å². The molecule has 2 heterocycles. The summed E-state index contributed by atoms with van der Waals surface area (Å²) in [6.45, 7) is 1.04. The first-order valence-electron chi connectivity index (χ1n) is 10.5. The molecule has 0 aromatic heterocycles. The molecule has 2 aliphatic heterocycles. The maximum atomic E-state index is 12.9. The zero-order valence-corrected chi connectivity index (χ0v) is 19.0. The molecule has 0 saturated carbocycles. The molecule has 4 unspecified atom stereocenters. The summed E-state index contributed by atoms with van der Waals surface area (Å²) >= 11 is 3.51. The summed E-state index contributed by atoms with van der Waals surface area (Å²) in [6.07, 6.45) is 7.30. The van der Waals surface area contributed by atoms with Crippen LogP contribution in [0.3, 0.4) is 0 Å². The monoisotopic (exact) mass is 488 g/mol. The van der Waals surface area contributed by atoms with Crippen molar-refractivity contribution < 1.29 is 13.2 Å². The molecule has 1 saturated heterocycles. The Balaban J connectivity index is 1.42. The average Bonchev–Trinajstić information content (AvgIpc) is 3.44. The second-order valence-electron chi connectivity index (χ2n) is 8.26. The summed E-state index contributed by atoms with van der Waals surface area (Å²) in [6, 6.07) is 14.1. The van der Waals surface area contributed by atoms with E-state index in [0.717, 1.165) is 35.0 Å². The maximum Gasteiger partial charge on any atom is 0.240 e. The molecule has 0 bridgehead atoms. The van der Waals surface area contributed by atoms with E-state index in [2.05, 4.69) is 62.4 Å². The van der Waals surface area contributed by atoms with E-state index in [1.54, 1.807) is 6.07 Å². The van der Waals surface area contributed by atoms with Gasteiger partial charge in [-0.3, -0.25) is 0 Å². The molecule has 4 atom stereocenters. The Hall–Kier alpha value is -1.67. The van der Waals surface area contributed by atoms with Crippen LogP contribution in [0.5, 0.6) is 0 Å². The molecule has 0 amide bonds. The minimum absolute atomic E-state index is 0.0205. The number of anilines is 1. The van der Waals surface area contributed by atoms with Crippen molar-refractivity contribution in [2.75, 3.05) is 18.5 Å². The van der Waals surface area contributed by atoms with Gasteiger partial charge >= 0.3 is 0 Å². The molecular weight excluding hydrogens is 464 g/mol. The van der Waals surface area contributed by atoms with Gasteiger partial charge < -0.3 is 10.1 Å². The largest absolute Gasteiger partial charge is 0.378 e. The fraction of sp³-hybridized carbons (Fsp3) is 0.391.